The number of hydrogen-bond acceptors (Lipinski definition) is 3. The maximum absolute atomic E-state index is 12.6. The fraction of sp³-hybridized carbons (Fsp3) is 0.588. The summed E-state index contributed by atoms with van der Waals surface area (Å²) < 4.78 is 0. The Balaban J connectivity index is 2.89. The summed E-state index contributed by atoms with van der Waals surface area (Å²) in [5.41, 5.74) is 6.17. The number of rotatable bonds is 8. The van der Waals surface area contributed by atoms with Gasteiger partial charge in [0.2, 0.25) is 11.8 Å². The number of aliphatic imine (C=N–C) groups is 1. The van der Waals surface area contributed by atoms with Crippen LogP contribution < -0.4 is 11.1 Å². The van der Waals surface area contributed by atoms with E-state index in [9.17, 15) is 9.59 Å². The van der Waals surface area contributed by atoms with Gasteiger partial charge in [-0.3, -0.25) is 14.6 Å². The number of allylic oxidation sites excluding steroid dienone is 2. The van der Waals surface area contributed by atoms with Crippen molar-refractivity contribution < 1.29 is 9.59 Å². The number of nitrogens with two attached hydrogens (primary N) is 1. The van der Waals surface area contributed by atoms with Crippen LogP contribution in [0, 0.1) is 17.8 Å². The summed E-state index contributed by atoms with van der Waals surface area (Å²) >= 11 is 0. The molecule has 0 aromatic carbocycles. The maximum Gasteiger partial charge on any atom is 0.228 e. The fourth-order valence-corrected chi connectivity index (χ4v) is 2.62. The summed E-state index contributed by atoms with van der Waals surface area (Å²) in [6, 6.07) is 0. The molecule has 0 radical (unpaired) electrons. The van der Waals surface area contributed by atoms with Crippen molar-refractivity contribution in [2.75, 3.05) is 0 Å². The zero-order chi connectivity index (χ0) is 16.5. The second-order valence-electron chi connectivity index (χ2n) is 6.08. The molecular formula is C17H27N3O2. The van der Waals surface area contributed by atoms with Crippen LogP contribution >= 0.6 is 0 Å². The predicted octanol–water partition coefficient (Wildman–Crippen LogP) is 2.54. The van der Waals surface area contributed by atoms with Crippen molar-refractivity contribution in [3.63, 3.8) is 0 Å². The molecule has 0 bridgehead atoms. The smallest absolute Gasteiger partial charge is 0.228 e. The molecule has 0 saturated heterocycles. The summed E-state index contributed by atoms with van der Waals surface area (Å²) in [5.74, 6) is -1.07. The summed E-state index contributed by atoms with van der Waals surface area (Å²) in [4.78, 5) is 28.5. The molecule has 0 aliphatic carbocycles. The van der Waals surface area contributed by atoms with Gasteiger partial charge in [0.15, 0.2) is 0 Å². The Bertz CT molecular complexity index is 478. The molecule has 0 spiro atoms. The summed E-state index contributed by atoms with van der Waals surface area (Å²) in [7, 11) is 0. The number of carbonyl (C=O) groups excluding carboxylic acids is 2. The van der Waals surface area contributed by atoms with Gasteiger partial charge in [0.25, 0.3) is 0 Å². The van der Waals surface area contributed by atoms with E-state index in [1.54, 1.807) is 12.4 Å². The van der Waals surface area contributed by atoms with Crippen molar-refractivity contribution in [1.82, 2.24) is 5.32 Å². The van der Waals surface area contributed by atoms with Crippen LogP contribution in [0.2, 0.25) is 0 Å². The number of amides is 2. The van der Waals surface area contributed by atoms with E-state index in [0.29, 0.717) is 24.5 Å². The Labute approximate surface area is 132 Å². The van der Waals surface area contributed by atoms with Gasteiger partial charge in [0.1, 0.15) is 0 Å². The van der Waals surface area contributed by atoms with Crippen LogP contribution in [0.3, 0.4) is 0 Å². The van der Waals surface area contributed by atoms with Gasteiger partial charge in [-0.2, -0.15) is 0 Å². The van der Waals surface area contributed by atoms with Crippen LogP contribution in [0.25, 0.3) is 0 Å². The van der Waals surface area contributed by atoms with Crippen molar-refractivity contribution in [3.8, 4) is 0 Å². The van der Waals surface area contributed by atoms with Crippen LogP contribution in [0.15, 0.2) is 29.0 Å². The lowest BCUT2D eigenvalue weighted by molar-refractivity contribution is -0.133. The van der Waals surface area contributed by atoms with Gasteiger partial charge in [-0.05, 0) is 24.8 Å². The van der Waals surface area contributed by atoms with Gasteiger partial charge in [0.05, 0.1) is 11.6 Å². The molecule has 0 aromatic rings. The molecule has 0 fully saturated rings. The third-order valence-electron chi connectivity index (χ3n) is 3.64. The molecule has 2 amide bonds. The van der Waals surface area contributed by atoms with E-state index < -0.39 is 17.7 Å². The molecule has 1 rings (SSSR count). The second-order valence-corrected chi connectivity index (χ2v) is 6.08. The highest BCUT2D eigenvalue weighted by Gasteiger charge is 2.32. The lowest BCUT2D eigenvalue weighted by atomic mass is 9.81. The number of nitrogens with zero attached hydrogens (tertiary/aromatic N) is 1. The quantitative estimate of drug-likeness (QED) is 0.722. The Morgan fingerprint density at radius 1 is 1.36 bits per heavy atom. The molecule has 122 valence electrons. The summed E-state index contributed by atoms with van der Waals surface area (Å²) in [5, 5.41) is 2.87. The SMILES string of the molecule is CCCC(C(N)=O)C(CC(C)C)C(=O)NC1=CN=CCC=C1. The van der Waals surface area contributed by atoms with Crippen molar-refractivity contribution in [3.05, 3.63) is 24.0 Å². The minimum absolute atomic E-state index is 0.154. The Morgan fingerprint density at radius 3 is 2.68 bits per heavy atom. The first-order valence-electron chi connectivity index (χ1n) is 7.94. The highest BCUT2D eigenvalue weighted by molar-refractivity contribution is 5.88. The summed E-state index contributed by atoms with van der Waals surface area (Å²) in [6.45, 7) is 6.07. The zero-order valence-corrected chi connectivity index (χ0v) is 13.7. The van der Waals surface area contributed by atoms with Gasteiger partial charge < -0.3 is 11.1 Å². The third kappa shape index (κ3) is 5.84. The molecule has 2 unspecified atom stereocenters. The molecule has 22 heavy (non-hydrogen) atoms. The van der Waals surface area contributed by atoms with Gasteiger partial charge in [-0.1, -0.05) is 33.3 Å². The molecule has 1 aliphatic rings. The van der Waals surface area contributed by atoms with Crippen molar-refractivity contribution in [2.24, 2.45) is 28.5 Å². The van der Waals surface area contributed by atoms with E-state index in [0.717, 1.165) is 12.8 Å². The fourth-order valence-electron chi connectivity index (χ4n) is 2.62. The van der Waals surface area contributed by atoms with E-state index in [1.165, 1.54) is 0 Å². The van der Waals surface area contributed by atoms with Crippen molar-refractivity contribution in [1.29, 1.82) is 0 Å². The molecule has 2 atom stereocenters. The molecule has 1 heterocycles. The van der Waals surface area contributed by atoms with Gasteiger partial charge in [0, 0.05) is 24.8 Å². The molecular weight excluding hydrogens is 278 g/mol. The molecule has 5 heteroatoms. The molecule has 1 aliphatic heterocycles. The second kappa shape index (κ2) is 9.18. The van der Waals surface area contributed by atoms with E-state index in [-0.39, 0.29) is 5.91 Å². The number of hydrogen-bond donors (Lipinski definition) is 2. The van der Waals surface area contributed by atoms with E-state index in [2.05, 4.69) is 10.3 Å². The van der Waals surface area contributed by atoms with Gasteiger partial charge in [-0.25, -0.2) is 0 Å². The van der Waals surface area contributed by atoms with Crippen molar-refractivity contribution in [2.45, 2.75) is 46.5 Å². The lowest BCUT2D eigenvalue weighted by Crippen LogP contribution is -2.40. The van der Waals surface area contributed by atoms with Crippen LogP contribution in [0.1, 0.15) is 46.5 Å². The van der Waals surface area contributed by atoms with E-state index >= 15 is 0 Å². The minimum Gasteiger partial charge on any atom is -0.369 e. The first kappa shape index (κ1) is 18.1. The zero-order valence-electron chi connectivity index (χ0n) is 13.7. The average Bonchev–Trinajstić information content (AvgIpc) is 2.70. The molecule has 0 aromatic heterocycles. The molecule has 5 nitrogen and oxygen atoms in total. The Hall–Kier alpha value is -1.91. The topological polar surface area (TPSA) is 84.5 Å². The van der Waals surface area contributed by atoms with E-state index in [1.807, 2.05) is 32.9 Å². The highest BCUT2D eigenvalue weighted by atomic mass is 16.2. The maximum atomic E-state index is 12.6. The summed E-state index contributed by atoms with van der Waals surface area (Å²) in [6.07, 6.45) is 9.98. The Morgan fingerprint density at radius 2 is 2.09 bits per heavy atom. The van der Waals surface area contributed by atoms with Crippen LogP contribution in [0.5, 0.6) is 0 Å². The number of primary amides is 1. The normalized spacial score (nSPS) is 16.8. The third-order valence-corrected chi connectivity index (χ3v) is 3.64. The average molecular weight is 305 g/mol. The first-order chi connectivity index (χ1) is 10.5. The molecule has 3 N–H and O–H groups in total. The van der Waals surface area contributed by atoms with Crippen molar-refractivity contribution >= 4 is 18.0 Å². The van der Waals surface area contributed by atoms with Gasteiger partial charge in [-0.15, -0.1) is 0 Å². The minimum atomic E-state index is -0.425. The lowest BCUT2D eigenvalue weighted by Gasteiger charge is -2.25. The highest BCUT2D eigenvalue weighted by Crippen LogP contribution is 2.25. The van der Waals surface area contributed by atoms with Crippen LogP contribution in [0.4, 0.5) is 0 Å². The predicted molar refractivity (Wildman–Crippen MR) is 89.0 cm³/mol. The first-order valence-corrected chi connectivity index (χ1v) is 7.94. The monoisotopic (exact) mass is 305 g/mol. The Kier molecular flexibility index (Phi) is 7.57. The van der Waals surface area contributed by atoms with Gasteiger partial charge >= 0.3 is 0 Å². The van der Waals surface area contributed by atoms with E-state index in [4.69, 9.17) is 5.73 Å². The number of carbonyl (C=O) groups is 2. The molecule has 0 saturated carbocycles. The van der Waals surface area contributed by atoms with Crippen LogP contribution in [-0.4, -0.2) is 18.0 Å². The number of nitrogens with one attached hydrogen (secondary N) is 1. The van der Waals surface area contributed by atoms with Crippen LogP contribution in [-0.2, 0) is 9.59 Å². The standard InChI is InChI=1S/C17H27N3O2/c1-4-7-14(16(18)21)15(10-12(2)3)17(22)20-13-8-5-6-9-19-11-13/h5,8-9,11-12,14-15H,4,6-7,10H2,1-3H3,(H2,18,21)(H,20,22). The largest absolute Gasteiger partial charge is 0.369 e.